The molecule has 0 N–H and O–H groups in total. The topological polar surface area (TPSA) is 9.86 Å². The summed E-state index contributed by atoms with van der Waals surface area (Å²) in [5.41, 5.74) is 12.1. The first-order valence-electron chi connectivity index (χ1n) is 18.8. The normalized spacial score (nSPS) is 12.0. The molecule has 0 fully saturated rings. The van der Waals surface area contributed by atoms with E-state index < -0.39 is 0 Å². The molecule has 9 aromatic carbocycles. The summed E-state index contributed by atoms with van der Waals surface area (Å²) in [6, 6.07) is 71.6. The van der Waals surface area contributed by atoms with E-state index in [1.807, 2.05) is 11.3 Å². The van der Waals surface area contributed by atoms with Gasteiger partial charge < -0.3 is 9.13 Å². The third kappa shape index (κ3) is 4.67. The van der Waals surface area contributed by atoms with Crippen molar-refractivity contribution >= 4 is 85.9 Å². The molecule has 12 rings (SSSR count). The predicted molar refractivity (Wildman–Crippen MR) is 236 cm³/mol. The van der Waals surface area contributed by atoms with Gasteiger partial charge in [-0.3, -0.25) is 0 Å². The van der Waals surface area contributed by atoms with E-state index in [2.05, 4.69) is 203 Å². The van der Waals surface area contributed by atoms with Gasteiger partial charge in [0.05, 0.1) is 22.1 Å². The minimum Gasteiger partial charge on any atom is -0.309 e. The molecule has 0 aliphatic rings. The van der Waals surface area contributed by atoms with Crippen molar-refractivity contribution in [2.24, 2.45) is 0 Å². The van der Waals surface area contributed by atoms with Crippen LogP contribution in [0.3, 0.4) is 0 Å². The Kier molecular flexibility index (Phi) is 6.54. The SMILES string of the molecule is c1ccc(-n2c3ccccc3c3cc(-c4ccc5c(c4)c4cc(-c6ccc7sc8ccccc8c7c6)ccc4n5-c4ccc5ccccc5c4)ccc32)cc1. The van der Waals surface area contributed by atoms with Crippen LogP contribution in [0.5, 0.6) is 0 Å². The van der Waals surface area contributed by atoms with Gasteiger partial charge in [0, 0.05) is 53.1 Å². The second-order valence-electron chi connectivity index (χ2n) is 14.6. The number of hydrogen-bond donors (Lipinski definition) is 0. The van der Waals surface area contributed by atoms with Gasteiger partial charge in [-0.2, -0.15) is 0 Å². The third-order valence-corrected chi connectivity index (χ3v) is 12.6. The molecule has 3 heterocycles. The highest BCUT2D eigenvalue weighted by Crippen LogP contribution is 2.41. The number of aromatic nitrogens is 2. The molecule has 0 amide bonds. The second kappa shape index (κ2) is 11.8. The Balaban J connectivity index is 1.08. The fourth-order valence-electron chi connectivity index (χ4n) is 8.89. The van der Waals surface area contributed by atoms with E-state index in [1.165, 1.54) is 108 Å². The molecule has 3 heteroatoms. The first-order chi connectivity index (χ1) is 27.2. The standard InChI is InChI=1S/C52H32N2S/c1-2-12-39(13-3-1)53-47-16-8-6-14-41(47)43-29-35(19-24-48(43)53)36-20-25-49-44(30-36)45-31-37(38-22-27-52-46(32-38)42-15-7-9-17-51(42)55-52)21-26-50(45)54(49)40-23-18-33-10-4-5-11-34(33)28-40/h1-32H. The van der Waals surface area contributed by atoms with Crippen molar-refractivity contribution in [3.63, 3.8) is 0 Å². The van der Waals surface area contributed by atoms with E-state index in [9.17, 15) is 0 Å². The van der Waals surface area contributed by atoms with Gasteiger partial charge in [0.2, 0.25) is 0 Å². The predicted octanol–water partition coefficient (Wildman–Crippen LogP) is 14.7. The highest BCUT2D eigenvalue weighted by molar-refractivity contribution is 7.25. The van der Waals surface area contributed by atoms with E-state index in [1.54, 1.807) is 0 Å². The van der Waals surface area contributed by atoms with Gasteiger partial charge in [0.15, 0.2) is 0 Å². The molecule has 0 saturated carbocycles. The number of nitrogens with zero attached hydrogens (tertiary/aromatic N) is 2. The van der Waals surface area contributed by atoms with E-state index >= 15 is 0 Å². The smallest absolute Gasteiger partial charge is 0.0541 e. The molecule has 0 aliphatic heterocycles. The van der Waals surface area contributed by atoms with E-state index in [0.29, 0.717) is 0 Å². The first-order valence-corrected chi connectivity index (χ1v) is 19.6. The number of benzene rings is 9. The van der Waals surface area contributed by atoms with Gasteiger partial charge in [-0.05, 0) is 118 Å². The van der Waals surface area contributed by atoms with Crippen molar-refractivity contribution < 1.29 is 0 Å². The molecule has 12 aromatic rings. The molecule has 0 atom stereocenters. The second-order valence-corrected chi connectivity index (χ2v) is 15.6. The number of hydrogen-bond acceptors (Lipinski definition) is 1. The molecule has 0 unspecified atom stereocenters. The average molecular weight is 717 g/mol. The summed E-state index contributed by atoms with van der Waals surface area (Å²) in [7, 11) is 0. The number of para-hydroxylation sites is 2. The molecule has 0 spiro atoms. The van der Waals surface area contributed by atoms with Crippen molar-refractivity contribution in [3.8, 4) is 33.6 Å². The van der Waals surface area contributed by atoms with Crippen LogP contribution in [0.1, 0.15) is 0 Å². The number of thiophene rings is 1. The largest absolute Gasteiger partial charge is 0.309 e. The lowest BCUT2D eigenvalue weighted by Crippen LogP contribution is -1.94. The van der Waals surface area contributed by atoms with Crippen LogP contribution < -0.4 is 0 Å². The minimum atomic E-state index is 1.17. The highest BCUT2D eigenvalue weighted by Gasteiger charge is 2.17. The van der Waals surface area contributed by atoms with Crippen LogP contribution >= 0.6 is 11.3 Å². The van der Waals surface area contributed by atoms with Gasteiger partial charge in [0.25, 0.3) is 0 Å². The summed E-state index contributed by atoms with van der Waals surface area (Å²) in [5, 5.41) is 10.1. The van der Waals surface area contributed by atoms with Crippen LogP contribution in [0, 0.1) is 0 Å². The molecule has 0 bridgehead atoms. The fraction of sp³-hybridized carbons (Fsp3) is 0. The maximum Gasteiger partial charge on any atom is 0.0541 e. The molecular weight excluding hydrogens is 685 g/mol. The maximum absolute atomic E-state index is 2.44. The van der Waals surface area contributed by atoms with Crippen molar-refractivity contribution in [2.45, 2.75) is 0 Å². The van der Waals surface area contributed by atoms with Crippen LogP contribution in [0.25, 0.3) is 108 Å². The average Bonchev–Trinajstić information content (AvgIpc) is 3.90. The van der Waals surface area contributed by atoms with Crippen LogP contribution in [0.2, 0.25) is 0 Å². The molecule has 2 nitrogen and oxygen atoms in total. The van der Waals surface area contributed by atoms with Gasteiger partial charge in [-0.25, -0.2) is 0 Å². The van der Waals surface area contributed by atoms with Gasteiger partial charge >= 0.3 is 0 Å². The Morgan fingerprint density at radius 3 is 1.47 bits per heavy atom. The molecule has 0 aliphatic carbocycles. The third-order valence-electron chi connectivity index (χ3n) is 11.5. The van der Waals surface area contributed by atoms with E-state index in [4.69, 9.17) is 0 Å². The summed E-state index contributed by atoms with van der Waals surface area (Å²) in [4.78, 5) is 0. The molecule has 256 valence electrons. The van der Waals surface area contributed by atoms with Crippen LogP contribution in [-0.4, -0.2) is 9.13 Å². The van der Waals surface area contributed by atoms with Crippen molar-refractivity contribution in [1.82, 2.24) is 9.13 Å². The maximum atomic E-state index is 2.44. The van der Waals surface area contributed by atoms with E-state index in [0.717, 1.165) is 0 Å². The Hall–Kier alpha value is -6.94. The first kappa shape index (κ1) is 30.5. The Bertz CT molecular complexity index is 3490. The highest BCUT2D eigenvalue weighted by atomic mass is 32.1. The summed E-state index contributed by atoms with van der Waals surface area (Å²) in [5.74, 6) is 0. The zero-order chi connectivity index (χ0) is 36.0. The quantitative estimate of drug-likeness (QED) is 0.172. The lowest BCUT2D eigenvalue weighted by molar-refractivity contribution is 1.18. The monoisotopic (exact) mass is 716 g/mol. The number of fused-ring (bicyclic) bond motifs is 10. The Morgan fingerprint density at radius 2 is 0.764 bits per heavy atom. The molecule has 55 heavy (non-hydrogen) atoms. The Labute approximate surface area is 321 Å². The molecule has 0 saturated heterocycles. The number of rotatable bonds is 4. The van der Waals surface area contributed by atoms with Crippen LogP contribution in [-0.2, 0) is 0 Å². The Morgan fingerprint density at radius 1 is 0.273 bits per heavy atom. The van der Waals surface area contributed by atoms with Crippen molar-refractivity contribution in [3.05, 3.63) is 194 Å². The summed E-state index contributed by atoms with van der Waals surface area (Å²) < 4.78 is 7.48. The lowest BCUT2D eigenvalue weighted by Gasteiger charge is -2.10. The van der Waals surface area contributed by atoms with Crippen molar-refractivity contribution in [2.75, 3.05) is 0 Å². The minimum absolute atomic E-state index is 1.17. The zero-order valence-corrected chi connectivity index (χ0v) is 30.6. The molecular formula is C52H32N2S. The molecule has 3 aromatic heterocycles. The van der Waals surface area contributed by atoms with Crippen LogP contribution in [0.4, 0.5) is 0 Å². The van der Waals surface area contributed by atoms with Gasteiger partial charge in [0.1, 0.15) is 0 Å². The van der Waals surface area contributed by atoms with Crippen LogP contribution in [0.15, 0.2) is 194 Å². The zero-order valence-electron chi connectivity index (χ0n) is 29.8. The molecule has 0 radical (unpaired) electrons. The van der Waals surface area contributed by atoms with Gasteiger partial charge in [-0.15, -0.1) is 11.3 Å². The fourth-order valence-corrected chi connectivity index (χ4v) is 9.98. The summed E-state index contributed by atoms with van der Waals surface area (Å²) in [6.45, 7) is 0. The lowest BCUT2D eigenvalue weighted by atomic mass is 9.98. The van der Waals surface area contributed by atoms with Crippen molar-refractivity contribution in [1.29, 1.82) is 0 Å². The summed E-state index contributed by atoms with van der Waals surface area (Å²) in [6.07, 6.45) is 0. The van der Waals surface area contributed by atoms with E-state index in [-0.39, 0.29) is 0 Å². The summed E-state index contributed by atoms with van der Waals surface area (Å²) >= 11 is 1.87. The van der Waals surface area contributed by atoms with Gasteiger partial charge in [-0.1, -0.05) is 109 Å².